The van der Waals surface area contributed by atoms with Crippen LogP contribution in [0.5, 0.6) is 0 Å². The van der Waals surface area contributed by atoms with Crippen LogP contribution in [0.15, 0.2) is 165 Å². The molecule has 7 N–H and O–H groups in total. The number of aliphatic carboxylic acids is 1. The lowest BCUT2D eigenvalue weighted by atomic mass is 9.71. The van der Waals surface area contributed by atoms with Crippen LogP contribution in [0.2, 0.25) is 0 Å². The number of carbonyl (C=O) groups is 3. The van der Waals surface area contributed by atoms with E-state index in [2.05, 4.69) is 198 Å². The lowest BCUT2D eigenvalue weighted by Gasteiger charge is -2.45. The molecule has 12 nitrogen and oxygen atoms in total. The van der Waals surface area contributed by atoms with Crippen LogP contribution >= 0.6 is 7.55 Å². The lowest BCUT2D eigenvalue weighted by Crippen LogP contribution is -2.54. The number of carbonyl (C=O) groups excluding carboxylic acids is 2. The van der Waals surface area contributed by atoms with Crippen LogP contribution in [-0.4, -0.2) is 85.1 Å². The molecule has 4 aromatic carbocycles. The predicted octanol–water partition coefficient (Wildman–Crippen LogP) is 17.1. The van der Waals surface area contributed by atoms with E-state index in [9.17, 15) is 19.5 Å². The third-order valence-corrected chi connectivity index (χ3v) is 23.5. The molecular formula is C82H115N8O4P. The largest absolute Gasteiger partial charge is 0.478 e. The molecule has 6 atom stereocenters. The Morgan fingerprint density at radius 2 is 1.41 bits per heavy atom. The van der Waals surface area contributed by atoms with Gasteiger partial charge in [0.25, 0.3) is 0 Å². The molecule has 1 aliphatic heterocycles. The first kappa shape index (κ1) is 73.8. The molecule has 95 heavy (non-hydrogen) atoms. The molecule has 4 aliphatic rings. The standard InChI is InChI=1S/C82H115N8O4P/c1-15-61-28-17-19-37-69(61)57(6)75(89-84-13)70-38-20-18-29-62(70)30-22-27-55(4)26-16-21-39-72(63-31-23-32-63)85-51-73(64-42-43-64)86-58(7)78(91)87-67-44-40-59(41-45-67)49-60-52-95(53-60)68-36-25-35-66(50-68)82(11,12)71(46-47-83)79(92)88-77(81(8,9)10)76(65-33-24-34-65)90(14)74(54(2)3)48-56(5)80(93)94/h17-20,25,28-29,35-38,40-41,44-45,48,50,52,54,58,60,71,74,77,85-86,95H,4,15-16,21-24,26-27,30-34,39,42-43,46-47,49,51,53,83H2,1-3,5-14H3,(H,87,91)(H,88,92)(H,93,94)/b56-48+,75-57+,89-84-. The van der Waals surface area contributed by atoms with Crippen molar-refractivity contribution in [3.05, 3.63) is 188 Å². The average Bonchev–Trinajstić information content (AvgIpc) is 0.939. The zero-order valence-electron chi connectivity index (χ0n) is 60.0. The van der Waals surface area contributed by atoms with E-state index in [1.807, 2.05) is 25.1 Å². The predicted molar refractivity (Wildman–Crippen MR) is 402 cm³/mol. The summed E-state index contributed by atoms with van der Waals surface area (Å²) in [6, 6.07) is 33.8. The molecule has 0 spiro atoms. The summed E-state index contributed by atoms with van der Waals surface area (Å²) in [5.41, 5.74) is 25.4. The number of nitrogens with zero attached hydrogens (tertiary/aromatic N) is 3. The first-order chi connectivity index (χ1) is 45.4. The second-order valence-electron chi connectivity index (χ2n) is 29.6. The fraction of sp³-hybridized carbons (Fsp3) is 0.512. The van der Waals surface area contributed by atoms with Gasteiger partial charge in [0, 0.05) is 65.4 Å². The van der Waals surface area contributed by atoms with Crippen LogP contribution in [0.25, 0.3) is 11.3 Å². The Labute approximate surface area is 571 Å². The SMILES string of the molecule is C=C(CCCCC(NCC(NC(C)C(=O)Nc1ccc(CC2C=[PH](c3cccc(C(C)(C)C(CCN)C(=O)NC(C(=C4CCC4)N(C)C(/C=C(\C)C(=O)O)C(C)C)C(C)(C)C)c3)C2)cc1)=C1CC1)=C1CCC1)CCCc1ccccc1C(/N=N\C)=C(/C)c1ccccc1CC. The Morgan fingerprint density at radius 3 is 2.01 bits per heavy atom. The highest BCUT2D eigenvalue weighted by Crippen LogP contribution is 2.43. The van der Waals surface area contributed by atoms with Crippen LogP contribution in [0.3, 0.4) is 0 Å². The van der Waals surface area contributed by atoms with Crippen LogP contribution in [0.1, 0.15) is 206 Å². The van der Waals surface area contributed by atoms with E-state index < -0.39 is 25.0 Å². The molecule has 512 valence electrons. The summed E-state index contributed by atoms with van der Waals surface area (Å²) in [7, 11) is 2.92. The molecule has 3 fully saturated rings. The maximum absolute atomic E-state index is 15.0. The number of carboxylic acids is 1. The van der Waals surface area contributed by atoms with E-state index in [1.165, 1.54) is 69.2 Å². The maximum Gasteiger partial charge on any atom is 0.331 e. The summed E-state index contributed by atoms with van der Waals surface area (Å²) in [5.74, 6) is 1.85. The van der Waals surface area contributed by atoms with Crippen molar-refractivity contribution in [1.82, 2.24) is 20.9 Å². The van der Waals surface area contributed by atoms with Gasteiger partial charge in [-0.2, -0.15) is 10.2 Å². The summed E-state index contributed by atoms with van der Waals surface area (Å²) in [5, 5.41) is 34.5. The third-order valence-electron chi connectivity index (χ3n) is 20.7. The molecule has 0 saturated heterocycles. The fourth-order valence-corrected chi connectivity index (χ4v) is 16.6. The number of anilines is 1. The number of nitrogens with one attached hydrogen (secondary N) is 4. The first-order valence-corrected chi connectivity index (χ1v) is 37.5. The van der Waals surface area contributed by atoms with Gasteiger partial charge in [0.1, 0.15) is 6.04 Å². The second-order valence-corrected chi connectivity index (χ2v) is 32.0. The van der Waals surface area contributed by atoms with Gasteiger partial charge in [-0.25, -0.2) is 4.79 Å². The smallest absolute Gasteiger partial charge is 0.331 e. The number of rotatable bonds is 35. The number of benzene rings is 4. The van der Waals surface area contributed by atoms with Crippen molar-refractivity contribution in [3.63, 3.8) is 0 Å². The van der Waals surface area contributed by atoms with Crippen LogP contribution in [0.4, 0.5) is 5.69 Å². The third kappa shape index (κ3) is 19.8. The molecule has 1 heterocycles. The van der Waals surface area contributed by atoms with Crippen molar-refractivity contribution in [2.45, 2.75) is 215 Å². The molecule has 3 aliphatic carbocycles. The lowest BCUT2D eigenvalue weighted by molar-refractivity contribution is -0.132. The highest BCUT2D eigenvalue weighted by Gasteiger charge is 2.42. The number of allylic oxidation sites excluding steroid dienone is 6. The van der Waals surface area contributed by atoms with Crippen molar-refractivity contribution >= 4 is 53.4 Å². The fourth-order valence-electron chi connectivity index (χ4n) is 14.2. The van der Waals surface area contributed by atoms with E-state index in [1.54, 1.807) is 19.5 Å². The number of nitrogens with two attached hydrogens (primary N) is 1. The summed E-state index contributed by atoms with van der Waals surface area (Å²) in [6.45, 7) is 28.8. The normalized spacial score (nSPS) is 17.8. The van der Waals surface area contributed by atoms with E-state index in [0.29, 0.717) is 31.0 Å². The molecule has 3 saturated carbocycles. The van der Waals surface area contributed by atoms with Crippen molar-refractivity contribution in [1.29, 1.82) is 0 Å². The molecular weight excluding hydrogens is 1190 g/mol. The van der Waals surface area contributed by atoms with E-state index in [-0.39, 0.29) is 41.1 Å². The quantitative estimate of drug-likeness (QED) is 0.00659. The van der Waals surface area contributed by atoms with Crippen molar-refractivity contribution in [2.75, 3.05) is 38.7 Å². The van der Waals surface area contributed by atoms with Gasteiger partial charge in [-0.15, -0.1) is 0 Å². The highest BCUT2D eigenvalue weighted by molar-refractivity contribution is 7.67. The Morgan fingerprint density at radius 1 is 0.779 bits per heavy atom. The van der Waals surface area contributed by atoms with Crippen LogP contribution in [-0.2, 0) is 39.1 Å². The topological polar surface area (TPSA) is 174 Å². The number of hydrogen-bond acceptors (Lipinski definition) is 9. The monoisotopic (exact) mass is 1310 g/mol. The average molecular weight is 1310 g/mol. The van der Waals surface area contributed by atoms with Gasteiger partial charge in [0.05, 0.1) is 18.3 Å². The molecule has 0 aromatic heterocycles. The van der Waals surface area contributed by atoms with Gasteiger partial charge in [0.2, 0.25) is 11.8 Å². The highest BCUT2D eigenvalue weighted by atomic mass is 31.1. The minimum absolute atomic E-state index is 0.00278. The zero-order valence-corrected chi connectivity index (χ0v) is 61.0. The Kier molecular flexibility index (Phi) is 26.6. The van der Waals surface area contributed by atoms with E-state index >= 15 is 0 Å². The molecule has 0 radical (unpaired) electrons. The second kappa shape index (κ2) is 34.3. The number of hydrogen-bond donors (Lipinski definition) is 6. The number of azo groups is 1. The van der Waals surface area contributed by atoms with Gasteiger partial charge in [-0.05, 0) is 228 Å². The van der Waals surface area contributed by atoms with Crippen molar-refractivity contribution < 1.29 is 19.5 Å². The maximum atomic E-state index is 15.0. The molecule has 4 aromatic rings. The molecule has 6 unspecified atom stereocenters. The number of carboxylic acid groups (broad SMARTS) is 1. The van der Waals surface area contributed by atoms with Crippen molar-refractivity contribution in [3.8, 4) is 0 Å². The van der Waals surface area contributed by atoms with E-state index in [0.717, 1.165) is 136 Å². The van der Waals surface area contributed by atoms with Crippen molar-refractivity contribution in [2.24, 2.45) is 39.1 Å². The minimum Gasteiger partial charge on any atom is -0.478 e. The minimum atomic E-state index is -0.919. The molecule has 0 bridgehead atoms. The summed E-state index contributed by atoms with van der Waals surface area (Å²) < 4.78 is 0. The summed E-state index contributed by atoms with van der Waals surface area (Å²) >= 11 is 0. The van der Waals surface area contributed by atoms with Gasteiger partial charge < -0.3 is 37.0 Å². The summed E-state index contributed by atoms with van der Waals surface area (Å²) in [4.78, 5) is 43.0. The number of likely N-dealkylation sites (N-methyl/N-ethyl adjacent to an activating group) is 1. The Balaban J connectivity index is 0.797. The zero-order chi connectivity index (χ0) is 68.6. The van der Waals surface area contributed by atoms with Gasteiger partial charge in [-0.1, -0.05) is 177 Å². The number of unbranched alkanes of at least 4 members (excludes halogenated alkanes) is 1. The molecule has 13 heteroatoms. The van der Waals surface area contributed by atoms with Crippen LogP contribution < -0.4 is 32.3 Å². The first-order valence-electron chi connectivity index (χ1n) is 35.8. The number of aryl methyl sites for hydroxylation is 2. The van der Waals surface area contributed by atoms with Gasteiger partial charge >= 0.3 is 5.97 Å². The molecule has 8 rings (SSSR count). The Bertz CT molecular complexity index is 3570. The van der Waals surface area contributed by atoms with Gasteiger partial charge in [-0.3, -0.25) is 9.59 Å². The molecule has 2 amide bonds. The Hall–Kier alpha value is -7.01. The van der Waals surface area contributed by atoms with E-state index in [4.69, 9.17) is 10.8 Å². The summed E-state index contributed by atoms with van der Waals surface area (Å²) in [6.07, 6.45) is 21.6. The van der Waals surface area contributed by atoms with Crippen LogP contribution in [0, 0.1) is 23.2 Å². The number of amides is 2. The van der Waals surface area contributed by atoms with Gasteiger partial charge in [0.15, 0.2) is 0 Å².